The van der Waals surface area contributed by atoms with Gasteiger partial charge in [-0.2, -0.15) is 0 Å². The SMILES string of the molecule is CC[N+](C)(CC)CCN1C(=O)c2ccccc2C1=O.Cc1ccc(S(=O)(=O)[O-])cc1. The number of imide groups is 1. The molecule has 0 N–H and O–H groups in total. The first-order valence-electron chi connectivity index (χ1n) is 9.83. The van der Waals surface area contributed by atoms with Gasteiger partial charge < -0.3 is 9.04 Å². The maximum Gasteiger partial charge on any atom is 0.261 e. The summed E-state index contributed by atoms with van der Waals surface area (Å²) in [6, 6.07) is 12.8. The van der Waals surface area contributed by atoms with Crippen LogP contribution in [0.15, 0.2) is 53.4 Å². The molecule has 0 unspecified atom stereocenters. The first-order valence-corrected chi connectivity index (χ1v) is 11.2. The van der Waals surface area contributed by atoms with Crippen molar-refractivity contribution in [3.8, 4) is 0 Å². The standard InChI is InChI=1S/C15H21N2O2.C7H8O3S/c1-4-17(3,5-2)11-10-16-14(18)12-8-6-7-9-13(12)15(16)19;1-6-2-4-7(5-3-6)11(8,9)10/h6-9H,4-5,10-11H2,1-3H3;2-5H,1H3,(H,8,9,10)/q+1;/p-1. The van der Waals surface area contributed by atoms with Crippen LogP contribution in [-0.2, 0) is 10.1 Å². The number of fused-ring (bicyclic) bond motifs is 1. The van der Waals surface area contributed by atoms with Crippen LogP contribution >= 0.6 is 0 Å². The van der Waals surface area contributed by atoms with Crippen molar-refractivity contribution >= 4 is 21.9 Å². The molecule has 2 aromatic carbocycles. The van der Waals surface area contributed by atoms with E-state index < -0.39 is 10.1 Å². The topological polar surface area (TPSA) is 94.6 Å². The monoisotopic (exact) mass is 432 g/mol. The quantitative estimate of drug-likeness (QED) is 0.397. The minimum absolute atomic E-state index is 0.153. The van der Waals surface area contributed by atoms with Crippen LogP contribution in [0.1, 0.15) is 40.1 Å². The van der Waals surface area contributed by atoms with E-state index in [9.17, 15) is 22.6 Å². The zero-order valence-corrected chi connectivity index (χ0v) is 18.6. The van der Waals surface area contributed by atoms with Crippen LogP contribution in [0, 0.1) is 6.92 Å². The normalized spacial score (nSPS) is 13.7. The molecule has 2 amide bonds. The fourth-order valence-electron chi connectivity index (χ4n) is 3.03. The van der Waals surface area contributed by atoms with E-state index >= 15 is 0 Å². The maximum atomic E-state index is 12.2. The molecule has 2 aromatic rings. The van der Waals surface area contributed by atoms with Crippen molar-refractivity contribution in [1.29, 1.82) is 0 Å². The Morgan fingerprint density at radius 1 is 0.900 bits per heavy atom. The van der Waals surface area contributed by atoms with Crippen LogP contribution in [-0.4, -0.2) is 67.4 Å². The van der Waals surface area contributed by atoms with Gasteiger partial charge in [0.15, 0.2) is 0 Å². The first kappa shape index (κ1) is 23.7. The van der Waals surface area contributed by atoms with Crippen LogP contribution in [0.25, 0.3) is 0 Å². The summed E-state index contributed by atoms with van der Waals surface area (Å²) in [5.74, 6) is -0.307. The number of aryl methyl sites for hydroxylation is 1. The molecule has 0 aliphatic carbocycles. The lowest BCUT2D eigenvalue weighted by Crippen LogP contribution is -2.49. The Morgan fingerprint density at radius 3 is 1.77 bits per heavy atom. The Kier molecular flexibility index (Phi) is 7.52. The predicted molar refractivity (Wildman–Crippen MR) is 113 cm³/mol. The number of likely N-dealkylation sites (N-methyl/N-ethyl adjacent to an activating group) is 1. The minimum Gasteiger partial charge on any atom is -0.744 e. The fourth-order valence-corrected chi connectivity index (χ4v) is 3.50. The number of carbonyl (C=O) groups excluding carboxylic acids is 2. The van der Waals surface area contributed by atoms with Gasteiger partial charge in [-0.15, -0.1) is 0 Å². The van der Waals surface area contributed by atoms with E-state index in [2.05, 4.69) is 20.9 Å². The highest BCUT2D eigenvalue weighted by Crippen LogP contribution is 2.22. The molecule has 0 atom stereocenters. The van der Waals surface area contributed by atoms with Gasteiger partial charge in [-0.1, -0.05) is 29.8 Å². The lowest BCUT2D eigenvalue weighted by Gasteiger charge is -2.33. The molecular weight excluding hydrogens is 404 g/mol. The zero-order valence-electron chi connectivity index (χ0n) is 17.8. The van der Waals surface area contributed by atoms with Crippen molar-refractivity contribution in [3.63, 3.8) is 0 Å². The van der Waals surface area contributed by atoms with Crippen molar-refractivity contribution < 1.29 is 27.0 Å². The Morgan fingerprint density at radius 2 is 1.37 bits per heavy atom. The summed E-state index contributed by atoms with van der Waals surface area (Å²) >= 11 is 0. The molecule has 3 rings (SSSR count). The molecular formula is C22H28N2O5S. The van der Waals surface area contributed by atoms with E-state index in [1.165, 1.54) is 17.0 Å². The summed E-state index contributed by atoms with van der Waals surface area (Å²) in [6.07, 6.45) is 0. The molecule has 30 heavy (non-hydrogen) atoms. The number of hydrogen-bond donors (Lipinski definition) is 0. The van der Waals surface area contributed by atoms with Crippen LogP contribution in [0.4, 0.5) is 0 Å². The number of hydrogen-bond acceptors (Lipinski definition) is 5. The molecule has 0 bridgehead atoms. The molecule has 0 fully saturated rings. The lowest BCUT2D eigenvalue weighted by atomic mass is 10.1. The highest BCUT2D eigenvalue weighted by molar-refractivity contribution is 7.85. The zero-order chi connectivity index (χ0) is 22.5. The number of quaternary nitrogens is 1. The molecule has 162 valence electrons. The third-order valence-corrected chi connectivity index (χ3v) is 6.43. The summed E-state index contributed by atoms with van der Waals surface area (Å²) in [7, 11) is -2.12. The van der Waals surface area contributed by atoms with E-state index in [-0.39, 0.29) is 16.7 Å². The van der Waals surface area contributed by atoms with Crippen LogP contribution < -0.4 is 0 Å². The summed E-state index contributed by atoms with van der Waals surface area (Å²) in [5.41, 5.74) is 2.00. The Balaban J connectivity index is 0.000000248. The molecule has 1 heterocycles. The van der Waals surface area contributed by atoms with Gasteiger partial charge in [0, 0.05) is 0 Å². The molecule has 1 aliphatic heterocycles. The average molecular weight is 433 g/mol. The highest BCUT2D eigenvalue weighted by atomic mass is 32.2. The molecule has 7 nitrogen and oxygen atoms in total. The number of amides is 2. The van der Waals surface area contributed by atoms with E-state index in [0.29, 0.717) is 17.7 Å². The second-order valence-corrected chi connectivity index (χ2v) is 8.93. The van der Waals surface area contributed by atoms with Crippen LogP contribution in [0.2, 0.25) is 0 Å². The van der Waals surface area contributed by atoms with Crippen LogP contribution in [0.5, 0.6) is 0 Å². The largest absolute Gasteiger partial charge is 0.744 e. The van der Waals surface area contributed by atoms with Gasteiger partial charge in [0.2, 0.25) is 0 Å². The molecule has 0 saturated carbocycles. The third-order valence-electron chi connectivity index (χ3n) is 5.58. The highest BCUT2D eigenvalue weighted by Gasteiger charge is 2.36. The smallest absolute Gasteiger partial charge is 0.261 e. The first-order chi connectivity index (χ1) is 14.0. The molecule has 1 aliphatic rings. The van der Waals surface area contributed by atoms with Gasteiger partial charge in [0.1, 0.15) is 10.1 Å². The van der Waals surface area contributed by atoms with E-state index in [0.717, 1.165) is 29.7 Å². The molecule has 8 heteroatoms. The lowest BCUT2D eigenvalue weighted by molar-refractivity contribution is -0.905. The van der Waals surface area contributed by atoms with E-state index in [1.807, 2.05) is 6.92 Å². The molecule has 0 spiro atoms. The van der Waals surface area contributed by atoms with Gasteiger partial charge >= 0.3 is 0 Å². The summed E-state index contributed by atoms with van der Waals surface area (Å²) in [5, 5.41) is 0. The predicted octanol–water partition coefficient (Wildman–Crippen LogP) is 2.67. The second-order valence-electron chi connectivity index (χ2n) is 7.55. The fraction of sp³-hybridized carbons (Fsp3) is 0.364. The number of benzene rings is 2. The van der Waals surface area contributed by atoms with Crippen molar-refractivity contribution in [2.45, 2.75) is 25.7 Å². The van der Waals surface area contributed by atoms with Gasteiger partial charge in [0.05, 0.1) is 49.2 Å². The Bertz CT molecular complexity index is 977. The Labute approximate surface area is 178 Å². The van der Waals surface area contributed by atoms with Crippen LogP contribution in [0.3, 0.4) is 0 Å². The average Bonchev–Trinajstić information content (AvgIpc) is 2.97. The van der Waals surface area contributed by atoms with Crippen molar-refractivity contribution in [2.24, 2.45) is 0 Å². The van der Waals surface area contributed by atoms with E-state index in [4.69, 9.17) is 0 Å². The van der Waals surface area contributed by atoms with Crippen molar-refractivity contribution in [3.05, 3.63) is 65.2 Å². The van der Waals surface area contributed by atoms with Crippen molar-refractivity contribution in [1.82, 2.24) is 4.90 Å². The number of nitrogens with zero attached hydrogens (tertiary/aromatic N) is 2. The third kappa shape index (κ3) is 5.53. The minimum atomic E-state index is -4.27. The summed E-state index contributed by atoms with van der Waals surface area (Å²) in [4.78, 5) is 25.6. The van der Waals surface area contributed by atoms with Gasteiger partial charge in [0.25, 0.3) is 11.8 Å². The summed E-state index contributed by atoms with van der Waals surface area (Å²) < 4.78 is 32.0. The van der Waals surface area contributed by atoms with Gasteiger partial charge in [-0.05, 0) is 45.0 Å². The van der Waals surface area contributed by atoms with Gasteiger partial charge in [-0.3, -0.25) is 14.5 Å². The van der Waals surface area contributed by atoms with Gasteiger partial charge in [-0.25, -0.2) is 8.42 Å². The number of rotatable bonds is 6. The van der Waals surface area contributed by atoms with Crippen molar-refractivity contribution in [2.75, 3.05) is 33.2 Å². The molecule has 0 saturated heterocycles. The summed E-state index contributed by atoms with van der Waals surface area (Å²) in [6.45, 7) is 9.38. The maximum absolute atomic E-state index is 12.2. The van der Waals surface area contributed by atoms with E-state index in [1.54, 1.807) is 36.4 Å². The Hall–Kier alpha value is -2.55. The molecule has 0 radical (unpaired) electrons. The molecule has 0 aromatic heterocycles. The number of carbonyl (C=O) groups is 2. The second kappa shape index (κ2) is 9.51.